The third kappa shape index (κ3) is 3.24. The molecular weight excluding hydrogens is 281 g/mol. The predicted octanol–water partition coefficient (Wildman–Crippen LogP) is 2.03. The Morgan fingerprint density at radius 2 is 1.79 bits per heavy atom. The van der Waals surface area contributed by atoms with Crippen LogP contribution in [0.15, 0.2) is 17.0 Å². The van der Waals surface area contributed by atoms with Gasteiger partial charge >= 0.3 is 0 Å². The molecule has 1 aromatic rings. The summed E-state index contributed by atoms with van der Waals surface area (Å²) >= 11 is 0. The zero-order valence-electron chi connectivity index (χ0n) is 10.0. The fourth-order valence-corrected chi connectivity index (χ4v) is 3.04. The van der Waals surface area contributed by atoms with Crippen molar-refractivity contribution in [2.24, 2.45) is 0 Å². The first kappa shape index (κ1) is 15.5. The summed E-state index contributed by atoms with van der Waals surface area (Å²) in [6.45, 7) is 1.05. The van der Waals surface area contributed by atoms with Crippen LogP contribution < -0.4 is 0 Å². The van der Waals surface area contributed by atoms with Gasteiger partial charge in [0.15, 0.2) is 4.90 Å². The molecule has 0 aromatic heterocycles. The molecule has 0 saturated carbocycles. The van der Waals surface area contributed by atoms with Crippen LogP contribution in [0.1, 0.15) is 13.3 Å². The lowest BCUT2D eigenvalue weighted by Gasteiger charge is -2.19. The van der Waals surface area contributed by atoms with Crippen molar-refractivity contribution in [3.63, 3.8) is 0 Å². The number of benzene rings is 1. The molecule has 4 nitrogen and oxygen atoms in total. The average Bonchev–Trinajstić information content (AvgIpc) is 2.26. The summed E-state index contributed by atoms with van der Waals surface area (Å²) in [5, 5.41) is 8.55. The largest absolute Gasteiger partial charge is 0.249 e. The molecule has 0 saturated heterocycles. The van der Waals surface area contributed by atoms with Gasteiger partial charge < -0.3 is 0 Å². The molecule has 0 N–H and O–H groups in total. The van der Waals surface area contributed by atoms with E-state index in [9.17, 15) is 21.6 Å². The van der Waals surface area contributed by atoms with Crippen LogP contribution in [0.3, 0.4) is 0 Å². The molecule has 1 rings (SSSR count). The number of nitrogens with zero attached hydrogens (tertiary/aromatic N) is 2. The molecule has 19 heavy (non-hydrogen) atoms. The zero-order chi connectivity index (χ0) is 14.6. The van der Waals surface area contributed by atoms with E-state index in [1.54, 1.807) is 13.0 Å². The lowest BCUT2D eigenvalue weighted by atomic mass is 10.3. The van der Waals surface area contributed by atoms with E-state index in [1.807, 2.05) is 0 Å². The Morgan fingerprint density at radius 3 is 2.21 bits per heavy atom. The molecule has 0 spiro atoms. The van der Waals surface area contributed by atoms with Crippen LogP contribution >= 0.6 is 0 Å². The Hall–Kier alpha value is -1.59. The van der Waals surface area contributed by atoms with Crippen LogP contribution in [-0.4, -0.2) is 25.8 Å². The highest BCUT2D eigenvalue weighted by Gasteiger charge is 2.30. The molecule has 0 bridgehead atoms. The number of rotatable bonds is 5. The Balaban J connectivity index is 3.38. The van der Waals surface area contributed by atoms with Gasteiger partial charge in [0.05, 0.1) is 6.07 Å². The number of sulfonamides is 1. The van der Waals surface area contributed by atoms with E-state index in [4.69, 9.17) is 5.26 Å². The van der Waals surface area contributed by atoms with Crippen molar-refractivity contribution >= 4 is 10.0 Å². The Morgan fingerprint density at radius 1 is 1.26 bits per heavy atom. The van der Waals surface area contributed by atoms with Gasteiger partial charge in [0.25, 0.3) is 0 Å². The summed E-state index contributed by atoms with van der Waals surface area (Å²) in [5.74, 6) is -4.25. The van der Waals surface area contributed by atoms with Gasteiger partial charge in [-0.3, -0.25) is 0 Å². The molecule has 0 unspecified atom stereocenters. The monoisotopic (exact) mass is 292 g/mol. The highest BCUT2D eigenvalue weighted by atomic mass is 32.2. The molecule has 0 aliphatic carbocycles. The van der Waals surface area contributed by atoms with E-state index in [-0.39, 0.29) is 18.7 Å². The second kappa shape index (κ2) is 6.04. The van der Waals surface area contributed by atoms with Crippen LogP contribution in [0.5, 0.6) is 0 Å². The van der Waals surface area contributed by atoms with E-state index in [0.29, 0.717) is 10.7 Å². The smallest absolute Gasteiger partial charge is 0.207 e. The second-order valence-electron chi connectivity index (χ2n) is 3.70. The summed E-state index contributed by atoms with van der Waals surface area (Å²) < 4.78 is 64.4. The topological polar surface area (TPSA) is 61.2 Å². The molecule has 8 heteroatoms. The molecule has 104 valence electrons. The third-order valence-corrected chi connectivity index (χ3v) is 4.18. The number of nitriles is 1. The minimum Gasteiger partial charge on any atom is -0.207 e. The van der Waals surface area contributed by atoms with Gasteiger partial charge in [-0.2, -0.15) is 9.57 Å². The van der Waals surface area contributed by atoms with E-state index in [2.05, 4.69) is 0 Å². The van der Waals surface area contributed by atoms with Crippen molar-refractivity contribution in [1.82, 2.24) is 4.31 Å². The van der Waals surface area contributed by atoms with Gasteiger partial charge in [-0.15, -0.1) is 0 Å². The van der Waals surface area contributed by atoms with Crippen molar-refractivity contribution in [2.75, 3.05) is 13.1 Å². The van der Waals surface area contributed by atoms with Crippen LogP contribution in [0.4, 0.5) is 13.2 Å². The molecule has 0 aliphatic heterocycles. The molecule has 0 amide bonds. The molecular formula is C11H11F3N2O2S. The molecule has 0 aliphatic rings. The molecule has 0 fully saturated rings. The Bertz CT molecular complexity index is 588. The summed E-state index contributed by atoms with van der Waals surface area (Å²) in [7, 11) is -4.51. The summed E-state index contributed by atoms with van der Waals surface area (Å²) in [5.41, 5.74) is 0. The minimum absolute atomic E-state index is 0.0633. The maximum absolute atomic E-state index is 13.5. The fraction of sp³-hybridized carbons (Fsp3) is 0.364. The number of halogens is 3. The molecule has 0 atom stereocenters. The molecule has 1 aromatic carbocycles. The first-order chi connectivity index (χ1) is 8.84. The van der Waals surface area contributed by atoms with E-state index >= 15 is 0 Å². The van der Waals surface area contributed by atoms with Gasteiger partial charge in [-0.05, 0) is 6.42 Å². The Labute approximate surface area is 109 Å². The summed E-state index contributed by atoms with van der Waals surface area (Å²) in [6.07, 6.45) is 0.366. The van der Waals surface area contributed by atoms with Crippen LogP contribution in [0, 0.1) is 28.8 Å². The van der Waals surface area contributed by atoms with Crippen molar-refractivity contribution < 1.29 is 21.6 Å². The van der Waals surface area contributed by atoms with Crippen LogP contribution in [-0.2, 0) is 10.0 Å². The molecule has 0 radical (unpaired) electrons. The first-order valence-electron chi connectivity index (χ1n) is 5.36. The van der Waals surface area contributed by atoms with Crippen molar-refractivity contribution in [3.8, 4) is 6.07 Å². The van der Waals surface area contributed by atoms with Crippen molar-refractivity contribution in [1.29, 1.82) is 5.26 Å². The number of hydrogen-bond acceptors (Lipinski definition) is 3. The normalized spacial score (nSPS) is 11.6. The average molecular weight is 292 g/mol. The summed E-state index contributed by atoms with van der Waals surface area (Å²) in [6, 6.07) is 2.17. The van der Waals surface area contributed by atoms with E-state index < -0.39 is 38.9 Å². The predicted molar refractivity (Wildman–Crippen MR) is 61.0 cm³/mol. The van der Waals surface area contributed by atoms with Gasteiger partial charge in [0.2, 0.25) is 10.0 Å². The van der Waals surface area contributed by atoms with Crippen molar-refractivity contribution in [3.05, 3.63) is 29.6 Å². The lowest BCUT2D eigenvalue weighted by molar-refractivity contribution is 0.428. The Kier molecular flexibility index (Phi) is 4.91. The van der Waals surface area contributed by atoms with E-state index in [1.165, 1.54) is 0 Å². The van der Waals surface area contributed by atoms with Gasteiger partial charge in [0.1, 0.15) is 24.0 Å². The second-order valence-corrected chi connectivity index (χ2v) is 5.57. The maximum Gasteiger partial charge on any atom is 0.249 e. The maximum atomic E-state index is 13.5. The fourth-order valence-electron chi connectivity index (χ4n) is 1.52. The molecule has 0 heterocycles. The van der Waals surface area contributed by atoms with Crippen LogP contribution in [0.2, 0.25) is 0 Å². The van der Waals surface area contributed by atoms with Crippen molar-refractivity contribution in [2.45, 2.75) is 18.2 Å². The van der Waals surface area contributed by atoms with Crippen LogP contribution in [0.25, 0.3) is 0 Å². The third-order valence-electron chi connectivity index (χ3n) is 2.28. The van der Waals surface area contributed by atoms with Gasteiger partial charge in [0, 0.05) is 18.7 Å². The highest BCUT2D eigenvalue weighted by molar-refractivity contribution is 7.89. The first-order valence-corrected chi connectivity index (χ1v) is 6.80. The summed E-state index contributed by atoms with van der Waals surface area (Å²) in [4.78, 5) is -1.24. The quantitative estimate of drug-likeness (QED) is 0.780. The van der Waals surface area contributed by atoms with Gasteiger partial charge in [-0.1, -0.05) is 6.92 Å². The van der Waals surface area contributed by atoms with E-state index in [0.717, 1.165) is 0 Å². The number of hydrogen-bond donors (Lipinski definition) is 0. The zero-order valence-corrected chi connectivity index (χ0v) is 10.8. The SMILES string of the molecule is CCCN(CC#N)S(=O)(=O)c1c(F)cc(F)cc1F. The standard InChI is InChI=1S/C11H11F3N2O2S/c1-2-4-16(5-3-15)19(17,18)11-9(13)6-8(12)7-10(11)14/h6-7H,2,4-5H2,1H3. The highest BCUT2D eigenvalue weighted by Crippen LogP contribution is 2.23. The lowest BCUT2D eigenvalue weighted by Crippen LogP contribution is -2.33. The minimum atomic E-state index is -4.51. The van der Waals surface area contributed by atoms with Gasteiger partial charge in [-0.25, -0.2) is 21.6 Å².